The number of hydrogen-bond acceptors (Lipinski definition) is 6. The minimum Gasteiger partial charge on any atom is -0.494 e. The highest BCUT2D eigenvalue weighted by Crippen LogP contribution is 2.32. The lowest BCUT2D eigenvalue weighted by Gasteiger charge is -2.29. The van der Waals surface area contributed by atoms with Crippen molar-refractivity contribution in [2.45, 2.75) is 30.6 Å². The molecule has 3 aromatic rings. The van der Waals surface area contributed by atoms with E-state index >= 15 is 0 Å². The zero-order chi connectivity index (χ0) is 21.3. The Balaban J connectivity index is 1.45. The number of aromatic nitrogens is 2. The molecule has 0 bridgehead atoms. The highest BCUT2D eigenvalue weighted by Gasteiger charge is 2.32. The van der Waals surface area contributed by atoms with E-state index in [4.69, 9.17) is 9.26 Å². The molecule has 0 spiro atoms. The van der Waals surface area contributed by atoms with Gasteiger partial charge in [-0.15, -0.1) is 0 Å². The van der Waals surface area contributed by atoms with Gasteiger partial charge in [0.15, 0.2) is 11.6 Å². The number of rotatable bonds is 5. The number of halogens is 1. The third-order valence-corrected chi connectivity index (χ3v) is 7.21. The van der Waals surface area contributed by atoms with Crippen molar-refractivity contribution in [2.75, 3.05) is 20.2 Å². The molecule has 9 heteroatoms. The summed E-state index contributed by atoms with van der Waals surface area (Å²) in [6.45, 7) is 2.60. The van der Waals surface area contributed by atoms with E-state index in [0.717, 1.165) is 17.2 Å². The predicted octanol–water partition coefficient (Wildman–Crippen LogP) is 3.76. The van der Waals surface area contributed by atoms with Crippen molar-refractivity contribution in [3.8, 4) is 17.1 Å². The first-order chi connectivity index (χ1) is 14.4. The van der Waals surface area contributed by atoms with Crippen molar-refractivity contribution >= 4 is 10.0 Å². The number of benzene rings is 2. The van der Waals surface area contributed by atoms with Crippen LogP contribution in [0, 0.1) is 12.7 Å². The molecule has 30 heavy (non-hydrogen) atoms. The zero-order valence-corrected chi connectivity index (χ0v) is 17.5. The van der Waals surface area contributed by atoms with Crippen LogP contribution >= 0.6 is 0 Å². The van der Waals surface area contributed by atoms with Gasteiger partial charge in [-0.3, -0.25) is 0 Å². The number of sulfonamides is 1. The van der Waals surface area contributed by atoms with E-state index in [-0.39, 0.29) is 16.6 Å². The van der Waals surface area contributed by atoms with Crippen LogP contribution in [0.4, 0.5) is 4.39 Å². The Bertz CT molecular complexity index is 1140. The van der Waals surface area contributed by atoms with Gasteiger partial charge >= 0.3 is 0 Å². The van der Waals surface area contributed by atoms with Gasteiger partial charge in [0, 0.05) is 24.6 Å². The molecule has 2 aromatic carbocycles. The monoisotopic (exact) mass is 431 g/mol. The first kappa shape index (κ1) is 20.5. The molecule has 158 valence electrons. The summed E-state index contributed by atoms with van der Waals surface area (Å²) in [5.74, 6) is 0.319. The minimum absolute atomic E-state index is 0.00781. The summed E-state index contributed by atoms with van der Waals surface area (Å²) in [4.78, 5) is 4.42. The van der Waals surface area contributed by atoms with E-state index in [1.807, 2.05) is 31.2 Å². The molecular formula is C21H22FN3O4S. The van der Waals surface area contributed by atoms with Crippen molar-refractivity contribution in [3.05, 3.63) is 59.7 Å². The van der Waals surface area contributed by atoms with Gasteiger partial charge in [-0.25, -0.2) is 12.8 Å². The van der Waals surface area contributed by atoms with E-state index in [0.29, 0.717) is 37.6 Å². The van der Waals surface area contributed by atoms with Crippen LogP contribution in [0.25, 0.3) is 11.4 Å². The molecule has 0 atom stereocenters. The van der Waals surface area contributed by atoms with Crippen molar-refractivity contribution < 1.29 is 22.1 Å². The molecule has 2 heterocycles. The Morgan fingerprint density at radius 3 is 2.47 bits per heavy atom. The fourth-order valence-corrected chi connectivity index (χ4v) is 5.00. The van der Waals surface area contributed by atoms with Crippen LogP contribution in [0.2, 0.25) is 0 Å². The Kier molecular flexibility index (Phi) is 5.57. The summed E-state index contributed by atoms with van der Waals surface area (Å²) in [5.41, 5.74) is 2.02. The number of aryl methyl sites for hydroxylation is 1. The number of methoxy groups -OCH3 is 1. The van der Waals surface area contributed by atoms with Gasteiger partial charge in [-0.1, -0.05) is 35.0 Å². The van der Waals surface area contributed by atoms with Gasteiger partial charge < -0.3 is 9.26 Å². The largest absolute Gasteiger partial charge is 0.494 e. The van der Waals surface area contributed by atoms with Gasteiger partial charge in [-0.05, 0) is 38.0 Å². The highest BCUT2D eigenvalue weighted by molar-refractivity contribution is 7.89. The quantitative estimate of drug-likeness (QED) is 0.611. The zero-order valence-electron chi connectivity index (χ0n) is 16.7. The van der Waals surface area contributed by atoms with E-state index in [2.05, 4.69) is 10.1 Å². The van der Waals surface area contributed by atoms with Gasteiger partial charge in [0.2, 0.25) is 21.7 Å². The molecule has 0 aliphatic carbocycles. The van der Waals surface area contributed by atoms with Gasteiger partial charge in [0.25, 0.3) is 0 Å². The first-order valence-electron chi connectivity index (χ1n) is 9.63. The highest BCUT2D eigenvalue weighted by atomic mass is 32.2. The summed E-state index contributed by atoms with van der Waals surface area (Å²) in [5, 5.41) is 4.06. The fraction of sp³-hybridized carbons (Fsp3) is 0.333. The normalized spacial score (nSPS) is 16.0. The molecule has 0 N–H and O–H groups in total. The van der Waals surface area contributed by atoms with E-state index in [9.17, 15) is 12.8 Å². The third-order valence-electron chi connectivity index (χ3n) is 5.32. The average molecular weight is 431 g/mol. The van der Waals surface area contributed by atoms with Crippen molar-refractivity contribution in [3.63, 3.8) is 0 Å². The summed E-state index contributed by atoms with van der Waals surface area (Å²) >= 11 is 0. The van der Waals surface area contributed by atoms with Crippen LogP contribution in [0.15, 0.2) is 51.9 Å². The van der Waals surface area contributed by atoms with Crippen molar-refractivity contribution in [1.82, 2.24) is 14.4 Å². The molecule has 1 aliphatic heterocycles. The van der Waals surface area contributed by atoms with E-state index < -0.39 is 15.8 Å². The number of hydrogen-bond donors (Lipinski definition) is 0. The lowest BCUT2D eigenvalue weighted by atomic mass is 9.98. The first-order valence-corrected chi connectivity index (χ1v) is 11.1. The van der Waals surface area contributed by atoms with Crippen LogP contribution in [-0.4, -0.2) is 43.1 Å². The number of nitrogens with zero attached hydrogens (tertiary/aromatic N) is 3. The van der Waals surface area contributed by atoms with Crippen molar-refractivity contribution in [2.24, 2.45) is 0 Å². The van der Waals surface area contributed by atoms with E-state index in [1.54, 1.807) is 0 Å². The fourth-order valence-electron chi connectivity index (χ4n) is 3.52. The summed E-state index contributed by atoms with van der Waals surface area (Å²) in [6.07, 6.45) is 1.10. The van der Waals surface area contributed by atoms with Gasteiger partial charge in [0.1, 0.15) is 0 Å². The molecule has 1 aliphatic rings. The summed E-state index contributed by atoms with van der Waals surface area (Å²) in [6, 6.07) is 11.5. The second-order valence-corrected chi connectivity index (χ2v) is 9.23. The molecular weight excluding hydrogens is 409 g/mol. The number of ether oxygens (including phenoxy) is 1. The average Bonchev–Trinajstić information content (AvgIpc) is 3.24. The maximum Gasteiger partial charge on any atom is 0.243 e. The van der Waals surface area contributed by atoms with Crippen molar-refractivity contribution in [1.29, 1.82) is 0 Å². The molecule has 7 nitrogen and oxygen atoms in total. The second-order valence-electron chi connectivity index (χ2n) is 7.30. The topological polar surface area (TPSA) is 85.5 Å². The van der Waals surface area contributed by atoms with Crippen LogP contribution in [-0.2, 0) is 10.0 Å². The SMILES string of the molecule is COc1ccc(S(=O)(=O)N2CCC(c3nc(-c4ccc(C)cc4)no3)CC2)cc1F. The molecule has 0 radical (unpaired) electrons. The number of piperidine rings is 1. The lowest BCUT2D eigenvalue weighted by Crippen LogP contribution is -2.38. The molecule has 0 unspecified atom stereocenters. The Labute approximate surface area is 174 Å². The maximum absolute atomic E-state index is 14.0. The Morgan fingerprint density at radius 2 is 1.83 bits per heavy atom. The minimum atomic E-state index is -3.79. The van der Waals surface area contributed by atoms with Crippen LogP contribution in [0.1, 0.15) is 30.2 Å². The molecule has 0 amide bonds. The molecule has 1 fully saturated rings. The predicted molar refractivity (Wildman–Crippen MR) is 108 cm³/mol. The second kappa shape index (κ2) is 8.16. The van der Waals surface area contributed by atoms with Crippen LogP contribution < -0.4 is 4.74 Å². The molecule has 1 saturated heterocycles. The lowest BCUT2D eigenvalue weighted by molar-refractivity contribution is 0.270. The third kappa shape index (κ3) is 3.95. The van der Waals surface area contributed by atoms with E-state index in [1.165, 1.54) is 23.5 Å². The van der Waals surface area contributed by atoms with Crippen LogP contribution in [0.3, 0.4) is 0 Å². The van der Waals surface area contributed by atoms with Gasteiger partial charge in [0.05, 0.1) is 12.0 Å². The van der Waals surface area contributed by atoms with Gasteiger partial charge in [-0.2, -0.15) is 9.29 Å². The summed E-state index contributed by atoms with van der Waals surface area (Å²) < 4.78 is 51.4. The smallest absolute Gasteiger partial charge is 0.243 e. The van der Waals surface area contributed by atoms with Crippen LogP contribution in [0.5, 0.6) is 5.75 Å². The molecule has 0 saturated carbocycles. The summed E-state index contributed by atoms with van der Waals surface area (Å²) in [7, 11) is -2.45. The molecule has 1 aromatic heterocycles. The molecule has 4 rings (SSSR count). The standard InChI is InChI=1S/C21H22FN3O4S/c1-14-3-5-15(6-4-14)20-23-21(29-24-20)16-9-11-25(12-10-16)30(26,27)17-7-8-19(28-2)18(22)13-17/h3-8,13,16H,9-12H2,1-2H3. The maximum atomic E-state index is 14.0. The Hall–Kier alpha value is -2.78. The Morgan fingerprint density at radius 1 is 1.13 bits per heavy atom.